The van der Waals surface area contributed by atoms with Gasteiger partial charge >= 0.3 is 11.9 Å². The summed E-state index contributed by atoms with van der Waals surface area (Å²) < 4.78 is -0.0630. The molecule has 0 aliphatic heterocycles. The zero-order chi connectivity index (χ0) is 25.0. The summed E-state index contributed by atoms with van der Waals surface area (Å²) in [4.78, 5) is 26.3. The Bertz CT molecular complexity index is 1180. The largest absolute Gasteiger partial charge is 0.481 e. The van der Waals surface area contributed by atoms with Gasteiger partial charge in [-0.15, -0.1) is 23.5 Å². The first-order valence-electron chi connectivity index (χ1n) is 11.3. The molecule has 0 unspecified atom stereocenters. The lowest BCUT2D eigenvalue weighted by Crippen LogP contribution is -2.01. The number of benzene rings is 2. The third-order valence-electron chi connectivity index (χ3n) is 5.12. The smallest absolute Gasteiger partial charge is 0.304 e. The maximum absolute atomic E-state index is 10.9. The van der Waals surface area contributed by atoms with Crippen molar-refractivity contribution in [2.24, 2.45) is 0 Å². The fourth-order valence-electron chi connectivity index (χ4n) is 3.22. The highest BCUT2D eigenvalue weighted by atomic mass is 32.2. The van der Waals surface area contributed by atoms with Crippen LogP contribution in [0.5, 0.6) is 0 Å². The van der Waals surface area contributed by atoms with Crippen molar-refractivity contribution in [3.8, 4) is 23.0 Å². The van der Waals surface area contributed by atoms with Gasteiger partial charge in [-0.1, -0.05) is 55.3 Å². The molecule has 0 radical (unpaired) electrons. The summed E-state index contributed by atoms with van der Waals surface area (Å²) in [6.07, 6.45) is 2.96. The number of thioether (sulfide) groups is 2. The third kappa shape index (κ3) is 8.82. The summed E-state index contributed by atoms with van der Waals surface area (Å²) in [7, 11) is 0. The van der Waals surface area contributed by atoms with Crippen molar-refractivity contribution in [2.75, 3.05) is 11.5 Å². The van der Waals surface area contributed by atoms with Crippen LogP contribution in [0.4, 0.5) is 0 Å². The molecule has 0 aliphatic carbocycles. The van der Waals surface area contributed by atoms with Gasteiger partial charge in [-0.05, 0) is 47.2 Å². The van der Waals surface area contributed by atoms with Crippen molar-refractivity contribution < 1.29 is 19.8 Å². The van der Waals surface area contributed by atoms with E-state index in [1.54, 1.807) is 0 Å². The fraction of sp³-hybridized carbons (Fsp3) is 0.250. The molecule has 3 aromatic rings. The van der Waals surface area contributed by atoms with Gasteiger partial charge < -0.3 is 10.2 Å². The quantitative estimate of drug-likeness (QED) is 0.240. The van der Waals surface area contributed by atoms with E-state index in [-0.39, 0.29) is 17.4 Å². The Kier molecular flexibility index (Phi) is 10.3. The van der Waals surface area contributed by atoms with Crippen LogP contribution in [0.3, 0.4) is 0 Å². The Labute approximate surface area is 214 Å². The molecule has 1 aromatic heterocycles. The first kappa shape index (κ1) is 26.4. The predicted molar refractivity (Wildman–Crippen MR) is 144 cm³/mol. The number of carboxylic acids is 2. The Morgan fingerprint density at radius 3 is 2.11 bits per heavy atom. The monoisotopic (exact) mass is 505 g/mol. The molecule has 1 heterocycles. The molecule has 0 amide bonds. The first-order valence-corrected chi connectivity index (χ1v) is 13.4. The molecule has 0 aliphatic rings. The molecule has 180 valence electrons. The highest BCUT2D eigenvalue weighted by Crippen LogP contribution is 2.40. The second-order valence-corrected chi connectivity index (χ2v) is 10.4. The number of hydrogen-bond donors (Lipinski definition) is 2. The van der Waals surface area contributed by atoms with Crippen LogP contribution in [-0.4, -0.2) is 38.6 Å². The molecule has 0 fully saturated rings. The van der Waals surface area contributed by atoms with Crippen LogP contribution in [0, 0.1) is 11.8 Å². The number of aryl methyl sites for hydroxylation is 1. The molecule has 35 heavy (non-hydrogen) atoms. The Hall–Kier alpha value is -3.21. The number of carboxylic acid groups (broad SMARTS) is 2. The average molecular weight is 506 g/mol. The number of carbonyl (C=O) groups is 2. The number of rotatable bonds is 11. The van der Waals surface area contributed by atoms with Crippen molar-refractivity contribution in [3.05, 3.63) is 89.2 Å². The van der Waals surface area contributed by atoms with E-state index in [0.717, 1.165) is 28.7 Å². The summed E-state index contributed by atoms with van der Waals surface area (Å²) in [5.74, 6) is 5.48. The second-order valence-electron chi connectivity index (χ2n) is 7.72. The number of hydrogen-bond acceptors (Lipinski definition) is 5. The van der Waals surface area contributed by atoms with Gasteiger partial charge in [0.15, 0.2) is 0 Å². The summed E-state index contributed by atoms with van der Waals surface area (Å²) in [6.45, 7) is 2.14. The van der Waals surface area contributed by atoms with Crippen molar-refractivity contribution in [3.63, 3.8) is 0 Å². The van der Waals surface area contributed by atoms with E-state index in [9.17, 15) is 9.59 Å². The van der Waals surface area contributed by atoms with Crippen molar-refractivity contribution in [1.82, 2.24) is 4.98 Å². The molecular weight excluding hydrogens is 478 g/mol. The molecule has 3 rings (SSSR count). The zero-order valence-corrected chi connectivity index (χ0v) is 21.1. The lowest BCUT2D eigenvalue weighted by atomic mass is 10.0. The number of aliphatic carboxylic acids is 2. The maximum Gasteiger partial charge on any atom is 0.304 e. The van der Waals surface area contributed by atoms with Crippen LogP contribution in [0.2, 0.25) is 0 Å². The summed E-state index contributed by atoms with van der Waals surface area (Å²) in [5.41, 5.74) is 5.95. The highest BCUT2D eigenvalue weighted by Gasteiger charge is 2.14. The lowest BCUT2D eigenvalue weighted by Gasteiger charge is -2.16. The highest BCUT2D eigenvalue weighted by molar-refractivity contribution is 8.16. The summed E-state index contributed by atoms with van der Waals surface area (Å²) in [6, 6.07) is 20.2. The Morgan fingerprint density at radius 2 is 1.54 bits per heavy atom. The Balaban J connectivity index is 1.71. The predicted octanol–water partition coefficient (Wildman–Crippen LogP) is 6.13. The molecule has 2 aromatic carbocycles. The molecular formula is C28H27NO4S2. The van der Waals surface area contributed by atoms with E-state index in [1.165, 1.54) is 29.1 Å². The van der Waals surface area contributed by atoms with Gasteiger partial charge in [0, 0.05) is 28.8 Å². The van der Waals surface area contributed by atoms with Crippen LogP contribution in [0.25, 0.3) is 11.1 Å². The van der Waals surface area contributed by atoms with Gasteiger partial charge in [0.1, 0.15) is 5.69 Å². The van der Waals surface area contributed by atoms with Crippen LogP contribution in [-0.2, 0) is 16.0 Å². The zero-order valence-electron chi connectivity index (χ0n) is 19.4. The normalized spacial score (nSPS) is 10.6. The standard InChI is InChI=1S/C28H27NO4S2/c1-2-20-6-9-22(10-7-20)24-11-13-25(29-19-24)12-8-21-4-3-5-23(18-21)28(34-16-14-26(30)31)35-17-15-27(32)33/h3-7,9-11,13,18-19,28H,2,14-17H2,1H3,(H,30,31)(H,32,33). The third-order valence-corrected chi connectivity index (χ3v) is 7.97. The number of pyridine rings is 1. The SMILES string of the molecule is CCc1ccc(-c2ccc(C#Cc3cccc(C(SCCC(=O)O)SCCC(=O)O)c3)nc2)cc1. The van der Waals surface area contributed by atoms with E-state index in [0.29, 0.717) is 17.2 Å². The number of aromatic nitrogens is 1. The van der Waals surface area contributed by atoms with Crippen LogP contribution in [0.15, 0.2) is 66.9 Å². The van der Waals surface area contributed by atoms with Gasteiger partial charge in [-0.25, -0.2) is 4.98 Å². The molecule has 0 bridgehead atoms. The minimum atomic E-state index is -0.845. The van der Waals surface area contributed by atoms with Gasteiger partial charge in [0.2, 0.25) is 0 Å². The van der Waals surface area contributed by atoms with Crippen molar-refractivity contribution in [1.29, 1.82) is 0 Å². The second kappa shape index (κ2) is 13.6. The fourth-order valence-corrected chi connectivity index (χ4v) is 5.87. The van der Waals surface area contributed by atoms with Gasteiger partial charge in [-0.2, -0.15) is 0 Å². The van der Waals surface area contributed by atoms with Crippen LogP contribution >= 0.6 is 23.5 Å². The molecule has 2 N–H and O–H groups in total. The topological polar surface area (TPSA) is 87.5 Å². The lowest BCUT2D eigenvalue weighted by molar-refractivity contribution is -0.137. The average Bonchev–Trinajstić information content (AvgIpc) is 2.87. The minimum absolute atomic E-state index is 0.0601. The Morgan fingerprint density at radius 1 is 0.886 bits per heavy atom. The molecule has 0 spiro atoms. The van der Waals surface area contributed by atoms with Crippen LogP contribution < -0.4 is 0 Å². The van der Waals surface area contributed by atoms with Crippen molar-refractivity contribution in [2.45, 2.75) is 30.8 Å². The molecule has 7 heteroatoms. The minimum Gasteiger partial charge on any atom is -0.481 e. The van der Waals surface area contributed by atoms with Gasteiger partial charge in [0.05, 0.1) is 17.4 Å². The van der Waals surface area contributed by atoms with E-state index in [1.807, 2.05) is 42.6 Å². The van der Waals surface area contributed by atoms with Crippen LogP contribution in [0.1, 0.15) is 46.7 Å². The van der Waals surface area contributed by atoms with Crippen molar-refractivity contribution >= 4 is 35.5 Å². The number of nitrogens with zero attached hydrogens (tertiary/aromatic N) is 1. The molecule has 0 saturated heterocycles. The van der Waals surface area contributed by atoms with E-state index >= 15 is 0 Å². The van der Waals surface area contributed by atoms with E-state index < -0.39 is 11.9 Å². The van der Waals surface area contributed by atoms with Gasteiger partial charge in [0.25, 0.3) is 0 Å². The summed E-state index contributed by atoms with van der Waals surface area (Å²) >= 11 is 3.02. The van der Waals surface area contributed by atoms with E-state index in [4.69, 9.17) is 10.2 Å². The van der Waals surface area contributed by atoms with Gasteiger partial charge in [-0.3, -0.25) is 9.59 Å². The first-order chi connectivity index (χ1) is 16.9. The maximum atomic E-state index is 10.9. The summed E-state index contributed by atoms with van der Waals surface area (Å²) in [5, 5.41) is 17.9. The van der Waals surface area contributed by atoms with E-state index in [2.05, 4.69) is 48.0 Å². The molecule has 0 atom stereocenters. The molecule has 5 nitrogen and oxygen atoms in total. The molecule has 0 saturated carbocycles.